The zero-order valence-electron chi connectivity index (χ0n) is 19.6. The number of aromatic nitrogens is 2. The molecule has 3 N–H and O–H groups in total. The predicted molar refractivity (Wildman–Crippen MR) is 119 cm³/mol. The maximum absolute atomic E-state index is 12.9. The summed E-state index contributed by atoms with van der Waals surface area (Å²) in [5.74, 6) is 4.73. The zero-order chi connectivity index (χ0) is 27.4. The van der Waals surface area contributed by atoms with Gasteiger partial charge in [-0.25, -0.2) is 18.5 Å². The lowest BCUT2D eigenvalue weighted by atomic mass is 9.94. The van der Waals surface area contributed by atoms with Crippen molar-refractivity contribution in [1.29, 1.82) is 0 Å². The fraction of sp³-hybridized carbons (Fsp3) is 0.625. The van der Waals surface area contributed by atoms with E-state index in [-0.39, 0.29) is 0 Å². The number of nitrogens with zero attached hydrogens (tertiary/aromatic N) is 1. The van der Waals surface area contributed by atoms with Crippen LogP contribution < -0.4 is 11.2 Å². The molecule has 0 radical (unpaired) electrons. The maximum atomic E-state index is 12.9. The first-order valence-electron chi connectivity index (χ1n) is 9.65. The lowest BCUT2D eigenvalue weighted by Crippen LogP contribution is -2.48. The number of ether oxygens (including phenoxy) is 1. The van der Waals surface area contributed by atoms with E-state index in [2.05, 4.69) is 34.2 Å². The topological polar surface area (TPSA) is 220 Å². The highest BCUT2D eigenvalue weighted by atomic mass is 31.3. The number of hydrogen-bond acceptors (Lipinski definition) is 15. The summed E-state index contributed by atoms with van der Waals surface area (Å²) in [6.45, 7) is 0.486. The van der Waals surface area contributed by atoms with Crippen molar-refractivity contribution < 1.29 is 59.9 Å². The van der Waals surface area contributed by atoms with Gasteiger partial charge in [-0.15, -0.1) is 5.92 Å². The first-order valence-corrected chi connectivity index (χ1v) is 14.0. The van der Waals surface area contributed by atoms with Gasteiger partial charge < -0.3 is 14.9 Å². The Labute approximate surface area is 204 Å². The number of aliphatic hydroxyl groups is 2. The molecule has 1 aromatic rings. The summed E-state index contributed by atoms with van der Waals surface area (Å²) < 4.78 is 76.5. The van der Waals surface area contributed by atoms with Gasteiger partial charge in [0.25, 0.3) is 5.56 Å². The smallest absolute Gasteiger partial charge is 0.386 e. The molecule has 6 atom stereocenters. The van der Waals surface area contributed by atoms with Crippen molar-refractivity contribution in [3.63, 3.8) is 0 Å². The number of H-pyrrole nitrogens is 1. The van der Waals surface area contributed by atoms with Gasteiger partial charge in [0.1, 0.15) is 12.2 Å². The third kappa shape index (κ3) is 6.69. The molecule has 204 valence electrons. The van der Waals surface area contributed by atoms with Gasteiger partial charge in [0.2, 0.25) is 0 Å². The van der Waals surface area contributed by atoms with Gasteiger partial charge in [0.15, 0.2) is 11.8 Å². The normalized spacial score (nSPS) is 27.6. The second-order valence-electron chi connectivity index (χ2n) is 6.72. The van der Waals surface area contributed by atoms with Gasteiger partial charge in [-0.2, -0.15) is 8.62 Å². The Morgan fingerprint density at radius 2 is 1.61 bits per heavy atom. The van der Waals surface area contributed by atoms with E-state index in [0.29, 0.717) is 0 Å². The highest BCUT2D eigenvalue weighted by molar-refractivity contribution is 7.67. The number of aliphatic hydroxyl groups excluding tert-OH is 1. The van der Waals surface area contributed by atoms with E-state index in [4.69, 9.17) is 13.6 Å². The van der Waals surface area contributed by atoms with E-state index in [1.165, 1.54) is 6.92 Å². The van der Waals surface area contributed by atoms with Gasteiger partial charge >= 0.3 is 29.2 Å². The number of rotatable bonds is 12. The third-order valence-corrected chi connectivity index (χ3v) is 10.1. The van der Waals surface area contributed by atoms with Crippen LogP contribution in [0.2, 0.25) is 0 Å². The second kappa shape index (κ2) is 11.9. The maximum Gasteiger partial charge on any atom is 0.492 e. The summed E-state index contributed by atoms with van der Waals surface area (Å²) in [7, 11) is -10.8. The van der Waals surface area contributed by atoms with Crippen LogP contribution in [0.1, 0.15) is 13.2 Å². The molecule has 0 aromatic carbocycles. The van der Waals surface area contributed by atoms with Crippen LogP contribution in [0.4, 0.5) is 0 Å². The highest BCUT2D eigenvalue weighted by Crippen LogP contribution is 2.72. The zero-order valence-corrected chi connectivity index (χ0v) is 22.3. The highest BCUT2D eigenvalue weighted by Gasteiger charge is 2.57. The molecule has 36 heavy (non-hydrogen) atoms. The largest absolute Gasteiger partial charge is 0.492 e. The third-order valence-electron chi connectivity index (χ3n) is 4.60. The Bertz CT molecular complexity index is 1240. The van der Waals surface area contributed by atoms with E-state index in [1.807, 2.05) is 4.98 Å². The molecule has 20 heteroatoms. The van der Waals surface area contributed by atoms with Crippen molar-refractivity contribution in [2.24, 2.45) is 0 Å². The Morgan fingerprint density at radius 3 is 2.11 bits per heavy atom. The van der Waals surface area contributed by atoms with Crippen LogP contribution in [0.5, 0.6) is 0 Å². The Hall–Kier alpha value is -1.47. The van der Waals surface area contributed by atoms with Crippen LogP contribution in [-0.2, 0) is 49.7 Å². The van der Waals surface area contributed by atoms with Crippen LogP contribution >= 0.6 is 23.5 Å². The van der Waals surface area contributed by atoms with Crippen molar-refractivity contribution in [2.45, 2.75) is 31.0 Å². The van der Waals surface area contributed by atoms with Crippen molar-refractivity contribution >= 4 is 23.5 Å². The summed E-state index contributed by atoms with van der Waals surface area (Å²) in [5, 5.41) is 21.7. The fourth-order valence-corrected chi connectivity index (χ4v) is 7.32. The molecule has 2 unspecified atom stereocenters. The minimum atomic E-state index is -4.96. The van der Waals surface area contributed by atoms with Crippen LogP contribution in [0.15, 0.2) is 21.9 Å². The van der Waals surface area contributed by atoms with Gasteiger partial charge in [-0.05, 0) is 6.92 Å². The molecule has 1 aliphatic rings. The van der Waals surface area contributed by atoms with Crippen LogP contribution in [-0.4, -0.2) is 72.6 Å². The van der Waals surface area contributed by atoms with Gasteiger partial charge in [-0.3, -0.25) is 37.0 Å². The molecule has 0 spiro atoms. The molecular formula is C16H25N2O15P3. The molecule has 2 rings (SSSR count). The van der Waals surface area contributed by atoms with Gasteiger partial charge in [0.05, 0.1) is 6.61 Å². The summed E-state index contributed by atoms with van der Waals surface area (Å²) in [5.41, 5.74) is -4.10. The fourth-order valence-electron chi connectivity index (χ4n) is 2.87. The molecule has 0 saturated carbocycles. The summed E-state index contributed by atoms with van der Waals surface area (Å²) in [6.07, 6.45) is -4.04. The van der Waals surface area contributed by atoms with Crippen molar-refractivity contribution in [1.82, 2.24) is 9.55 Å². The molecule has 0 bridgehead atoms. The Balaban J connectivity index is 2.29. The summed E-state index contributed by atoms with van der Waals surface area (Å²) >= 11 is 0. The van der Waals surface area contributed by atoms with Gasteiger partial charge in [-0.1, -0.05) is 5.92 Å². The molecular weight excluding hydrogens is 553 g/mol. The minimum absolute atomic E-state index is 0.728. The SMILES string of the molecule is CC#C[C@]1(O)[C@H](O)[C@@H](COP(=O)(OC)OP(=O)(OC)OP(=O)(OC)OC)O[C@H]1n1ccc(=O)[nH]c1=O. The van der Waals surface area contributed by atoms with Gasteiger partial charge in [0, 0.05) is 40.7 Å². The molecule has 2 heterocycles. The number of phosphoric ester groups is 2. The lowest BCUT2D eigenvalue weighted by Gasteiger charge is -2.26. The monoisotopic (exact) mass is 578 g/mol. The number of hydrogen-bond donors (Lipinski definition) is 3. The van der Waals surface area contributed by atoms with E-state index >= 15 is 0 Å². The average Bonchev–Trinajstić information content (AvgIpc) is 3.07. The number of phosphoric acid groups is 3. The van der Waals surface area contributed by atoms with Crippen molar-refractivity contribution in [3.05, 3.63) is 33.1 Å². The summed E-state index contributed by atoms with van der Waals surface area (Å²) in [4.78, 5) is 25.6. The van der Waals surface area contributed by atoms with E-state index in [0.717, 1.165) is 45.3 Å². The first kappa shape index (κ1) is 30.8. The minimum Gasteiger partial charge on any atom is -0.386 e. The molecule has 17 nitrogen and oxygen atoms in total. The van der Waals surface area contributed by atoms with Crippen LogP contribution in [0.25, 0.3) is 0 Å². The van der Waals surface area contributed by atoms with E-state index in [1.54, 1.807) is 0 Å². The predicted octanol–water partition coefficient (Wildman–Crippen LogP) is 0.509. The quantitative estimate of drug-likeness (QED) is 0.227. The Morgan fingerprint density at radius 1 is 1.06 bits per heavy atom. The number of nitrogens with one attached hydrogen (secondary N) is 1. The molecule has 0 aliphatic carbocycles. The molecule has 0 amide bonds. The van der Waals surface area contributed by atoms with Crippen molar-refractivity contribution in [3.8, 4) is 11.8 Å². The van der Waals surface area contributed by atoms with E-state index < -0.39 is 65.4 Å². The van der Waals surface area contributed by atoms with Crippen LogP contribution in [0, 0.1) is 11.8 Å². The molecule has 1 aromatic heterocycles. The Kier molecular flexibility index (Phi) is 10.2. The average molecular weight is 578 g/mol. The molecule has 1 fully saturated rings. The summed E-state index contributed by atoms with van der Waals surface area (Å²) in [6, 6.07) is 0.967. The standard InChI is InChI=1S/C16H25N2O15P3/c1-6-8-16(22)13(20)11(31-14(16)18-9-7-12(19)17-15(18)21)10-30-35(24,28-4)33-36(25,29-5)32-34(23,26-2)27-3/h7,9,11,13-14,20,22H,10H2,1-5H3,(H,17,19,21)/t11-,13-,14-,16+,35?,36?/m1/s1. The van der Waals surface area contributed by atoms with E-state index in [9.17, 15) is 33.5 Å². The van der Waals surface area contributed by atoms with Crippen LogP contribution in [0.3, 0.4) is 0 Å². The lowest BCUT2D eigenvalue weighted by molar-refractivity contribution is -0.0763. The van der Waals surface area contributed by atoms with Crippen molar-refractivity contribution in [2.75, 3.05) is 35.0 Å². The first-order chi connectivity index (χ1) is 16.7. The second-order valence-corrected chi connectivity index (χ2v) is 12.4. The number of aromatic amines is 1. The molecule has 1 saturated heterocycles. The molecule has 1 aliphatic heterocycles.